The molecular weight excluding hydrogens is 214 g/mol. The van der Waals surface area contributed by atoms with Crippen LogP contribution in [0.15, 0.2) is 24.3 Å². The summed E-state index contributed by atoms with van der Waals surface area (Å²) in [5.41, 5.74) is 6.98. The summed E-state index contributed by atoms with van der Waals surface area (Å²) in [5, 5.41) is 0. The van der Waals surface area contributed by atoms with E-state index in [2.05, 4.69) is 12.1 Å². The second kappa shape index (κ2) is 7.30. The van der Waals surface area contributed by atoms with Gasteiger partial charge in [0.1, 0.15) is 12.4 Å². The Hall–Kier alpha value is -1.06. The Bertz CT molecular complexity index is 307. The Morgan fingerprint density at radius 1 is 1.06 bits per heavy atom. The molecule has 2 N–H and O–H groups in total. The maximum absolute atomic E-state index is 5.74. The zero-order valence-electron chi connectivity index (χ0n) is 11.0. The molecule has 0 heterocycles. The highest BCUT2D eigenvalue weighted by molar-refractivity contribution is 5.27. The van der Waals surface area contributed by atoms with E-state index in [-0.39, 0.29) is 12.1 Å². The monoisotopic (exact) mass is 237 g/mol. The summed E-state index contributed by atoms with van der Waals surface area (Å²) >= 11 is 0. The van der Waals surface area contributed by atoms with Gasteiger partial charge in [0.05, 0.1) is 12.7 Å². The summed E-state index contributed by atoms with van der Waals surface area (Å²) in [5.74, 6) is 0.880. The first-order valence-corrected chi connectivity index (χ1v) is 6.17. The van der Waals surface area contributed by atoms with E-state index in [1.807, 2.05) is 32.9 Å². The van der Waals surface area contributed by atoms with Crippen LogP contribution in [-0.2, 0) is 11.2 Å². The minimum atomic E-state index is 0.196. The second-order valence-corrected chi connectivity index (χ2v) is 4.59. The number of hydrogen-bond acceptors (Lipinski definition) is 3. The normalized spacial score (nSPS) is 12.8. The molecule has 0 aliphatic carbocycles. The van der Waals surface area contributed by atoms with Crippen LogP contribution in [0.3, 0.4) is 0 Å². The van der Waals surface area contributed by atoms with Crippen molar-refractivity contribution < 1.29 is 9.47 Å². The summed E-state index contributed by atoms with van der Waals surface area (Å²) in [4.78, 5) is 0. The molecule has 0 amide bonds. The van der Waals surface area contributed by atoms with Crippen LogP contribution in [0.2, 0.25) is 0 Å². The van der Waals surface area contributed by atoms with Gasteiger partial charge < -0.3 is 15.2 Å². The molecule has 96 valence electrons. The molecule has 0 aromatic heterocycles. The van der Waals surface area contributed by atoms with Crippen molar-refractivity contribution in [2.75, 3.05) is 13.2 Å². The van der Waals surface area contributed by atoms with Gasteiger partial charge in [-0.05, 0) is 44.9 Å². The molecular formula is C14H23NO2. The Balaban J connectivity index is 2.30. The smallest absolute Gasteiger partial charge is 0.119 e. The molecule has 1 atom stereocenters. The van der Waals surface area contributed by atoms with Gasteiger partial charge in [0.2, 0.25) is 0 Å². The summed E-state index contributed by atoms with van der Waals surface area (Å²) in [6.45, 7) is 7.25. The van der Waals surface area contributed by atoms with E-state index in [4.69, 9.17) is 15.2 Å². The molecule has 0 radical (unpaired) electrons. The molecule has 1 unspecified atom stereocenters. The minimum Gasteiger partial charge on any atom is -0.491 e. The van der Waals surface area contributed by atoms with Crippen molar-refractivity contribution in [3.8, 4) is 5.75 Å². The highest BCUT2D eigenvalue weighted by atomic mass is 16.5. The molecule has 3 nitrogen and oxygen atoms in total. The van der Waals surface area contributed by atoms with Gasteiger partial charge in [0.15, 0.2) is 0 Å². The molecule has 1 rings (SSSR count). The van der Waals surface area contributed by atoms with Crippen LogP contribution in [0.4, 0.5) is 0 Å². The van der Waals surface area contributed by atoms with E-state index in [1.165, 1.54) is 5.56 Å². The maximum atomic E-state index is 5.74. The van der Waals surface area contributed by atoms with Gasteiger partial charge in [-0.3, -0.25) is 0 Å². The van der Waals surface area contributed by atoms with E-state index < -0.39 is 0 Å². The lowest BCUT2D eigenvalue weighted by Crippen LogP contribution is -2.17. The highest BCUT2D eigenvalue weighted by Gasteiger charge is 1.99. The predicted octanol–water partition coefficient (Wildman–Crippen LogP) is 2.38. The molecule has 0 saturated carbocycles. The molecule has 0 bridgehead atoms. The average Bonchev–Trinajstić information content (AvgIpc) is 2.25. The maximum Gasteiger partial charge on any atom is 0.119 e. The topological polar surface area (TPSA) is 44.5 Å². The van der Waals surface area contributed by atoms with Crippen LogP contribution in [0.5, 0.6) is 5.75 Å². The molecule has 0 fully saturated rings. The molecule has 1 aromatic carbocycles. The first-order chi connectivity index (χ1) is 8.08. The van der Waals surface area contributed by atoms with Crippen LogP contribution >= 0.6 is 0 Å². The van der Waals surface area contributed by atoms with Crippen molar-refractivity contribution in [1.82, 2.24) is 0 Å². The summed E-state index contributed by atoms with van der Waals surface area (Å²) in [6, 6.07) is 8.27. The largest absolute Gasteiger partial charge is 0.491 e. The molecule has 0 aliphatic rings. The van der Waals surface area contributed by atoms with Crippen molar-refractivity contribution in [2.45, 2.75) is 39.3 Å². The zero-order chi connectivity index (χ0) is 12.7. The standard InChI is InChI=1S/C14H23NO2/c1-11(2)16-8-9-17-14-6-4-13(5-7-14)10-12(3)15/h4-7,11-12H,8-10,15H2,1-3H3. The van der Waals surface area contributed by atoms with Crippen molar-refractivity contribution >= 4 is 0 Å². The number of hydrogen-bond donors (Lipinski definition) is 1. The number of benzene rings is 1. The number of rotatable bonds is 7. The fraction of sp³-hybridized carbons (Fsp3) is 0.571. The molecule has 3 heteroatoms. The molecule has 0 saturated heterocycles. The van der Waals surface area contributed by atoms with Gasteiger partial charge in [0.25, 0.3) is 0 Å². The highest BCUT2D eigenvalue weighted by Crippen LogP contribution is 2.13. The SMILES string of the molecule is CC(N)Cc1ccc(OCCOC(C)C)cc1. The lowest BCUT2D eigenvalue weighted by molar-refractivity contribution is 0.0552. The van der Waals surface area contributed by atoms with Crippen LogP contribution in [0.25, 0.3) is 0 Å². The van der Waals surface area contributed by atoms with Gasteiger partial charge in [-0.25, -0.2) is 0 Å². The summed E-state index contributed by atoms with van der Waals surface area (Å²) in [7, 11) is 0. The molecule has 17 heavy (non-hydrogen) atoms. The van der Waals surface area contributed by atoms with Gasteiger partial charge >= 0.3 is 0 Å². The average molecular weight is 237 g/mol. The van der Waals surface area contributed by atoms with Crippen molar-refractivity contribution in [3.63, 3.8) is 0 Å². The molecule has 0 aliphatic heterocycles. The Morgan fingerprint density at radius 2 is 1.71 bits per heavy atom. The lowest BCUT2D eigenvalue weighted by atomic mass is 10.1. The number of ether oxygens (including phenoxy) is 2. The van der Waals surface area contributed by atoms with E-state index in [9.17, 15) is 0 Å². The third kappa shape index (κ3) is 6.29. The minimum absolute atomic E-state index is 0.196. The Kier molecular flexibility index (Phi) is 6.01. The predicted molar refractivity (Wildman–Crippen MR) is 70.4 cm³/mol. The molecule has 0 spiro atoms. The van der Waals surface area contributed by atoms with Gasteiger partial charge in [-0.1, -0.05) is 12.1 Å². The lowest BCUT2D eigenvalue weighted by Gasteiger charge is -2.10. The fourth-order valence-corrected chi connectivity index (χ4v) is 1.54. The van der Waals surface area contributed by atoms with Crippen LogP contribution < -0.4 is 10.5 Å². The quantitative estimate of drug-likeness (QED) is 0.740. The fourth-order valence-electron chi connectivity index (χ4n) is 1.54. The van der Waals surface area contributed by atoms with Crippen molar-refractivity contribution in [3.05, 3.63) is 29.8 Å². The van der Waals surface area contributed by atoms with Gasteiger partial charge in [-0.2, -0.15) is 0 Å². The number of nitrogens with two attached hydrogens (primary N) is 1. The molecule has 1 aromatic rings. The third-order valence-electron chi connectivity index (χ3n) is 2.28. The van der Waals surface area contributed by atoms with Crippen molar-refractivity contribution in [1.29, 1.82) is 0 Å². The van der Waals surface area contributed by atoms with Crippen molar-refractivity contribution in [2.24, 2.45) is 5.73 Å². The van der Waals surface area contributed by atoms with Crippen LogP contribution in [0.1, 0.15) is 26.3 Å². The van der Waals surface area contributed by atoms with E-state index in [0.717, 1.165) is 12.2 Å². The Labute approximate surface area is 104 Å². The summed E-state index contributed by atoms with van der Waals surface area (Å²) < 4.78 is 11.0. The second-order valence-electron chi connectivity index (χ2n) is 4.59. The first kappa shape index (κ1) is 14.0. The van der Waals surface area contributed by atoms with Crippen LogP contribution in [-0.4, -0.2) is 25.4 Å². The van der Waals surface area contributed by atoms with E-state index in [0.29, 0.717) is 13.2 Å². The van der Waals surface area contributed by atoms with Gasteiger partial charge in [-0.15, -0.1) is 0 Å². The van der Waals surface area contributed by atoms with Gasteiger partial charge in [0, 0.05) is 6.04 Å². The first-order valence-electron chi connectivity index (χ1n) is 6.17. The zero-order valence-corrected chi connectivity index (χ0v) is 11.0. The summed E-state index contributed by atoms with van der Waals surface area (Å²) in [6.07, 6.45) is 1.16. The Morgan fingerprint density at radius 3 is 2.24 bits per heavy atom. The van der Waals surface area contributed by atoms with E-state index >= 15 is 0 Å². The van der Waals surface area contributed by atoms with E-state index in [1.54, 1.807) is 0 Å². The third-order valence-corrected chi connectivity index (χ3v) is 2.28. The van der Waals surface area contributed by atoms with Crippen LogP contribution in [0, 0.1) is 0 Å².